The molecule has 3 aliphatic rings. The largest absolute Gasteiger partial charge is 0.455 e. The lowest BCUT2D eigenvalue weighted by atomic mass is 9.92. The van der Waals surface area contributed by atoms with Gasteiger partial charge in [0, 0.05) is 76.4 Å². The number of aromatic nitrogens is 4. The first-order chi connectivity index (χ1) is 23.7. The number of hydrogen-bond acceptors (Lipinski definition) is 8. The second kappa shape index (κ2) is 14.0. The summed E-state index contributed by atoms with van der Waals surface area (Å²) in [6.45, 7) is 9.68. The molecule has 3 aliphatic heterocycles. The summed E-state index contributed by atoms with van der Waals surface area (Å²) in [7, 11) is 0. The molecule has 1 amide bonds. The van der Waals surface area contributed by atoms with Crippen LogP contribution in [0.2, 0.25) is 0 Å². The summed E-state index contributed by atoms with van der Waals surface area (Å²) >= 11 is 0. The topological polar surface area (TPSA) is 99.7 Å². The number of fused-ring (bicyclic) bond motifs is 2. The molecule has 2 atom stereocenters. The van der Waals surface area contributed by atoms with Crippen LogP contribution in [-0.4, -0.2) is 86.4 Å². The van der Waals surface area contributed by atoms with Crippen LogP contribution in [0.25, 0.3) is 11.0 Å². The molecule has 13 heteroatoms. The van der Waals surface area contributed by atoms with Gasteiger partial charge in [-0.1, -0.05) is 13.8 Å². The van der Waals surface area contributed by atoms with E-state index in [1.54, 1.807) is 23.4 Å². The smallest absolute Gasteiger partial charge is 0.418 e. The van der Waals surface area contributed by atoms with Gasteiger partial charge in [0.1, 0.15) is 17.1 Å². The quantitative estimate of drug-likeness (QED) is 0.223. The van der Waals surface area contributed by atoms with Crippen molar-refractivity contribution in [3.05, 3.63) is 76.6 Å². The Balaban J connectivity index is 1.06. The van der Waals surface area contributed by atoms with Crippen molar-refractivity contribution < 1.29 is 27.4 Å². The molecular weight excluding hydrogens is 635 g/mol. The lowest BCUT2D eigenvalue weighted by Crippen LogP contribution is -2.45. The number of halogens is 3. The number of hydrogen-bond donors (Lipinski definition) is 1. The Bertz CT molecular complexity index is 1800. The van der Waals surface area contributed by atoms with Crippen molar-refractivity contribution in [3.8, 4) is 11.5 Å². The molecule has 1 N–H and O–H groups in total. The van der Waals surface area contributed by atoms with E-state index in [9.17, 15) is 18.0 Å². The highest BCUT2D eigenvalue weighted by molar-refractivity contribution is 5.84. The molecule has 7 heterocycles. The monoisotopic (exact) mass is 677 g/mol. The van der Waals surface area contributed by atoms with Gasteiger partial charge in [0.25, 0.3) is 0 Å². The molecule has 4 aromatic rings. The summed E-state index contributed by atoms with van der Waals surface area (Å²) in [5, 5.41) is 0.839. The maximum atomic E-state index is 14.2. The average molecular weight is 678 g/mol. The van der Waals surface area contributed by atoms with Gasteiger partial charge in [0.2, 0.25) is 5.91 Å². The highest BCUT2D eigenvalue weighted by Crippen LogP contribution is 2.37. The first kappa shape index (κ1) is 33.4. The zero-order valence-corrected chi connectivity index (χ0v) is 27.9. The van der Waals surface area contributed by atoms with Gasteiger partial charge in [-0.15, -0.1) is 0 Å². The maximum Gasteiger partial charge on any atom is 0.418 e. The maximum absolute atomic E-state index is 14.2. The summed E-state index contributed by atoms with van der Waals surface area (Å²) in [6, 6.07) is 6.83. The van der Waals surface area contributed by atoms with Crippen LogP contribution in [-0.2, 0) is 35.2 Å². The van der Waals surface area contributed by atoms with Gasteiger partial charge in [-0.05, 0) is 61.2 Å². The third kappa shape index (κ3) is 7.29. The molecule has 49 heavy (non-hydrogen) atoms. The molecule has 0 radical (unpaired) electrons. The minimum Gasteiger partial charge on any atom is -0.455 e. The standard InChI is InChI=1S/C36H42F3N7O3/c1-3-24-20-46(33(47)15-23-14-28(36(37,38)39)30(41-18-23)22-45-11-9-44(4-2)10-12-45)21-25-16-26(19-42-34(24)25)49-31-7-8-40-35-27(31)17-29(43-35)32-6-5-13-48-32/h7-8,14,16-19,24,32H,3-6,9-13,15,20-22H2,1-2H3,(H,40,43). The van der Waals surface area contributed by atoms with E-state index in [1.165, 1.54) is 6.20 Å². The number of H-pyrrole nitrogens is 1. The second-order valence-corrected chi connectivity index (χ2v) is 13.2. The number of piperazine rings is 1. The first-order valence-electron chi connectivity index (χ1n) is 17.2. The Kier molecular flexibility index (Phi) is 9.58. The lowest BCUT2D eigenvalue weighted by molar-refractivity contribution is -0.139. The van der Waals surface area contributed by atoms with Crippen LogP contribution in [0.4, 0.5) is 13.2 Å². The van der Waals surface area contributed by atoms with Gasteiger partial charge in [-0.2, -0.15) is 13.2 Å². The van der Waals surface area contributed by atoms with Gasteiger partial charge >= 0.3 is 6.18 Å². The molecule has 7 rings (SSSR count). The summed E-state index contributed by atoms with van der Waals surface area (Å²) < 4.78 is 54.8. The highest BCUT2D eigenvalue weighted by Gasteiger charge is 2.36. The van der Waals surface area contributed by atoms with Crippen LogP contribution >= 0.6 is 0 Å². The summed E-state index contributed by atoms with van der Waals surface area (Å²) in [4.78, 5) is 36.4. The number of likely N-dealkylation sites (N-methyl/N-ethyl adjacent to an activating group) is 1. The van der Waals surface area contributed by atoms with Gasteiger partial charge in [-0.25, -0.2) is 4.98 Å². The molecule has 2 fully saturated rings. The van der Waals surface area contributed by atoms with Crippen LogP contribution in [0.5, 0.6) is 11.5 Å². The summed E-state index contributed by atoms with van der Waals surface area (Å²) in [5.74, 6) is 0.898. The van der Waals surface area contributed by atoms with Crippen LogP contribution in [0.1, 0.15) is 78.9 Å². The van der Waals surface area contributed by atoms with Crippen molar-refractivity contribution in [2.75, 3.05) is 45.9 Å². The van der Waals surface area contributed by atoms with Crippen LogP contribution in [0.15, 0.2) is 42.9 Å². The number of pyridine rings is 3. The van der Waals surface area contributed by atoms with Crippen LogP contribution in [0, 0.1) is 0 Å². The van der Waals surface area contributed by atoms with E-state index in [-0.39, 0.29) is 48.7 Å². The predicted octanol–water partition coefficient (Wildman–Crippen LogP) is 6.23. The Morgan fingerprint density at radius 1 is 1.06 bits per heavy atom. The fourth-order valence-electron chi connectivity index (χ4n) is 7.19. The molecule has 2 unspecified atom stereocenters. The molecule has 4 aromatic heterocycles. The Labute approximate surface area is 283 Å². The zero-order chi connectivity index (χ0) is 34.1. The predicted molar refractivity (Wildman–Crippen MR) is 177 cm³/mol. The molecule has 0 bridgehead atoms. The van der Waals surface area contributed by atoms with Gasteiger partial charge in [-0.3, -0.25) is 19.7 Å². The average Bonchev–Trinajstić information content (AvgIpc) is 3.79. The molecule has 0 aliphatic carbocycles. The fraction of sp³-hybridized carbons (Fsp3) is 0.500. The second-order valence-electron chi connectivity index (χ2n) is 13.2. The molecule has 2 saturated heterocycles. The van der Waals surface area contributed by atoms with Crippen molar-refractivity contribution in [3.63, 3.8) is 0 Å². The van der Waals surface area contributed by atoms with Crippen LogP contribution in [0.3, 0.4) is 0 Å². The zero-order valence-electron chi connectivity index (χ0n) is 27.9. The van der Waals surface area contributed by atoms with Crippen molar-refractivity contribution in [2.24, 2.45) is 0 Å². The third-order valence-electron chi connectivity index (χ3n) is 10.0. The minimum absolute atomic E-state index is 0.000552. The third-order valence-corrected chi connectivity index (χ3v) is 10.0. The van der Waals surface area contributed by atoms with Crippen LogP contribution < -0.4 is 4.74 Å². The van der Waals surface area contributed by atoms with Crippen molar-refractivity contribution >= 4 is 16.9 Å². The number of nitrogens with one attached hydrogen (secondary N) is 1. The number of rotatable bonds is 9. The van der Waals surface area contributed by atoms with E-state index >= 15 is 0 Å². The Morgan fingerprint density at radius 2 is 1.88 bits per heavy atom. The van der Waals surface area contributed by atoms with E-state index < -0.39 is 11.7 Å². The number of carbonyl (C=O) groups is 1. The molecule has 0 aromatic carbocycles. The number of ether oxygens (including phenoxy) is 2. The first-order valence-corrected chi connectivity index (χ1v) is 17.2. The molecular formula is C36H42F3N7O3. The molecule has 0 saturated carbocycles. The number of aromatic amines is 1. The number of nitrogens with zero attached hydrogens (tertiary/aromatic N) is 6. The SMILES string of the molecule is CCC1CN(C(=O)Cc2cnc(CN3CCN(CC)CC3)c(C(F)(F)F)c2)Cc2cc(Oc3ccnc4[nH]c(C5CCCO5)cc34)cnc21. The molecule has 260 valence electrons. The van der Waals surface area contributed by atoms with Crippen molar-refractivity contribution in [1.29, 1.82) is 0 Å². The van der Waals surface area contributed by atoms with Gasteiger partial charge < -0.3 is 24.3 Å². The van der Waals surface area contributed by atoms with E-state index in [1.807, 2.05) is 24.0 Å². The summed E-state index contributed by atoms with van der Waals surface area (Å²) in [5.41, 5.74) is 2.93. The van der Waals surface area contributed by atoms with E-state index in [4.69, 9.17) is 14.5 Å². The normalized spacial score (nSPS) is 20.6. The van der Waals surface area contributed by atoms with Gasteiger partial charge in [0.15, 0.2) is 0 Å². The number of amides is 1. The lowest BCUT2D eigenvalue weighted by Gasteiger charge is -2.34. The van der Waals surface area contributed by atoms with Crippen molar-refractivity contribution in [1.82, 2.24) is 34.6 Å². The number of alkyl halides is 3. The molecule has 0 spiro atoms. The Morgan fingerprint density at radius 3 is 2.61 bits per heavy atom. The highest BCUT2D eigenvalue weighted by atomic mass is 19.4. The van der Waals surface area contributed by atoms with E-state index in [0.29, 0.717) is 36.8 Å². The van der Waals surface area contributed by atoms with Crippen molar-refractivity contribution in [2.45, 2.75) is 70.8 Å². The summed E-state index contributed by atoms with van der Waals surface area (Å²) in [6.07, 6.45) is 2.82. The number of carbonyl (C=O) groups excluding carboxylic acids is 1. The minimum atomic E-state index is -4.57. The van der Waals surface area contributed by atoms with Gasteiger partial charge in [0.05, 0.1) is 41.1 Å². The fourth-order valence-corrected chi connectivity index (χ4v) is 7.19. The van der Waals surface area contributed by atoms with E-state index in [0.717, 1.165) is 73.9 Å². The van der Waals surface area contributed by atoms with E-state index in [2.05, 4.69) is 26.8 Å². The molecule has 10 nitrogen and oxygen atoms in total. The Hall–Kier alpha value is -4.07.